The minimum atomic E-state index is -3.80. The van der Waals surface area contributed by atoms with Crippen LogP contribution in [0.4, 0.5) is 0 Å². The van der Waals surface area contributed by atoms with Crippen molar-refractivity contribution in [1.82, 2.24) is 4.31 Å². The summed E-state index contributed by atoms with van der Waals surface area (Å²) in [6, 6.07) is 6.77. The third kappa shape index (κ3) is 3.44. The molecule has 200 valence electrons. The first-order valence-electron chi connectivity index (χ1n) is 13.2. The van der Waals surface area contributed by atoms with Crippen molar-refractivity contribution in [2.75, 3.05) is 20.3 Å². The average molecular weight is 534 g/mol. The summed E-state index contributed by atoms with van der Waals surface area (Å²) in [5.41, 5.74) is 0.928. The molecule has 1 aromatic rings. The number of piperidine rings is 1. The van der Waals surface area contributed by atoms with E-state index in [2.05, 4.69) is 40.4 Å². The molecule has 1 spiro atoms. The second-order valence-corrected chi connectivity index (χ2v) is 20.1. The number of aliphatic hydroxyl groups excluding tert-OH is 1. The smallest absolute Gasteiger partial charge is 0.243 e. The molecule has 6 nitrogen and oxygen atoms in total. The molecule has 4 fully saturated rings. The van der Waals surface area contributed by atoms with Gasteiger partial charge in [-0.25, -0.2) is 8.42 Å². The van der Waals surface area contributed by atoms with Gasteiger partial charge in [0.05, 0.1) is 17.1 Å². The molecule has 1 aliphatic heterocycles. The predicted octanol–water partition coefficient (Wildman–Crippen LogP) is 4.74. The Morgan fingerprint density at radius 2 is 1.86 bits per heavy atom. The first-order chi connectivity index (χ1) is 16.6. The van der Waals surface area contributed by atoms with E-state index in [9.17, 15) is 13.5 Å². The Kier molecular flexibility index (Phi) is 6.08. The van der Waals surface area contributed by atoms with E-state index in [1.807, 2.05) is 19.1 Å². The van der Waals surface area contributed by atoms with Crippen LogP contribution in [0.15, 0.2) is 41.3 Å². The van der Waals surface area contributed by atoms with E-state index in [1.54, 1.807) is 23.5 Å². The minimum Gasteiger partial charge on any atom is -0.416 e. The van der Waals surface area contributed by atoms with Crippen LogP contribution >= 0.6 is 0 Å². The molecule has 36 heavy (non-hydrogen) atoms. The fourth-order valence-corrected chi connectivity index (χ4v) is 10.7. The van der Waals surface area contributed by atoms with Crippen LogP contribution in [0.2, 0.25) is 18.1 Å². The molecule has 1 aromatic carbocycles. The van der Waals surface area contributed by atoms with E-state index in [-0.39, 0.29) is 29.0 Å². The number of sulfonamides is 1. The zero-order chi connectivity index (χ0) is 26.5. The van der Waals surface area contributed by atoms with Crippen molar-refractivity contribution in [3.8, 4) is 0 Å². The van der Waals surface area contributed by atoms with Gasteiger partial charge in [0.25, 0.3) is 0 Å². The largest absolute Gasteiger partial charge is 0.416 e. The van der Waals surface area contributed by atoms with Gasteiger partial charge in [-0.05, 0) is 68.3 Å². The topological polar surface area (TPSA) is 76.1 Å². The van der Waals surface area contributed by atoms with Gasteiger partial charge in [-0.1, -0.05) is 50.6 Å². The minimum absolute atomic E-state index is 0.0197. The first kappa shape index (κ1) is 26.6. The van der Waals surface area contributed by atoms with Crippen LogP contribution in [0.5, 0.6) is 0 Å². The molecular weight excluding hydrogens is 490 g/mol. The Labute approximate surface area is 218 Å². The number of rotatable bonds is 6. The van der Waals surface area contributed by atoms with Gasteiger partial charge in [-0.3, -0.25) is 0 Å². The number of hydrogen-bond acceptors (Lipinski definition) is 5. The maximum absolute atomic E-state index is 14.3. The van der Waals surface area contributed by atoms with Crippen LogP contribution in [-0.4, -0.2) is 64.7 Å². The maximum Gasteiger partial charge on any atom is 0.243 e. The summed E-state index contributed by atoms with van der Waals surface area (Å²) in [5, 5.41) is 11.8. The fourth-order valence-electron chi connectivity index (χ4n) is 7.78. The molecule has 2 unspecified atom stereocenters. The molecule has 4 aliphatic rings. The van der Waals surface area contributed by atoms with Crippen LogP contribution in [-0.2, 0) is 19.2 Å². The molecule has 5 bridgehead atoms. The lowest BCUT2D eigenvalue weighted by atomic mass is 9.61. The summed E-state index contributed by atoms with van der Waals surface area (Å²) in [5.74, 6) is 0.153. The summed E-state index contributed by atoms with van der Waals surface area (Å²) in [6.45, 7) is 18.4. The van der Waals surface area contributed by atoms with Gasteiger partial charge in [-0.2, -0.15) is 4.31 Å². The van der Waals surface area contributed by atoms with Crippen LogP contribution in [0.1, 0.15) is 45.6 Å². The molecule has 1 heterocycles. The highest BCUT2D eigenvalue weighted by Gasteiger charge is 2.79. The molecule has 0 amide bonds. The molecule has 0 aromatic heterocycles. The monoisotopic (exact) mass is 533 g/mol. The van der Waals surface area contributed by atoms with Crippen LogP contribution in [0.25, 0.3) is 0 Å². The average Bonchev–Trinajstić information content (AvgIpc) is 3.10. The van der Waals surface area contributed by atoms with Gasteiger partial charge in [0.15, 0.2) is 8.32 Å². The van der Waals surface area contributed by atoms with Crippen molar-refractivity contribution in [2.45, 2.75) is 88.2 Å². The molecule has 3 saturated carbocycles. The van der Waals surface area contributed by atoms with E-state index < -0.39 is 35.3 Å². The standard InChI is InChI=1S/C28H43NO5SSi/c1-18-9-11-20(12-10-18)35(31,32)29-16-27(17-34-36(7,8)26(3,4)5)15-24(33-6)28-22(27)14-21(25(28)29)19(2)13-23(28)30/h9-12,21-25,30H,2,13-17H2,1,3-8H3/t21-,22-,23?,24+,25?,27+,28+/m1/s1. The van der Waals surface area contributed by atoms with E-state index in [4.69, 9.17) is 9.16 Å². The number of methoxy groups -OCH3 is 1. The van der Waals surface area contributed by atoms with Gasteiger partial charge < -0.3 is 14.3 Å². The fraction of sp³-hybridized carbons (Fsp3) is 0.714. The van der Waals surface area contributed by atoms with Gasteiger partial charge in [0.2, 0.25) is 10.0 Å². The SMILES string of the molecule is C=C1CC(O)[C@@]23C4[C@@H]1C[C@@H]2[C@@](CO[Si](C)(C)C(C)(C)C)(C[C@@H]3OC)CN4S(=O)(=O)c1ccc(C)cc1. The molecule has 8 heteroatoms. The van der Waals surface area contributed by atoms with Crippen molar-refractivity contribution in [1.29, 1.82) is 0 Å². The highest BCUT2D eigenvalue weighted by Crippen LogP contribution is 2.74. The van der Waals surface area contributed by atoms with Crippen molar-refractivity contribution in [3.63, 3.8) is 0 Å². The van der Waals surface area contributed by atoms with Crippen molar-refractivity contribution in [2.24, 2.45) is 22.7 Å². The molecule has 3 aliphatic carbocycles. The van der Waals surface area contributed by atoms with E-state index in [0.29, 0.717) is 30.9 Å². The number of ether oxygens (including phenoxy) is 1. The number of benzene rings is 1. The van der Waals surface area contributed by atoms with Crippen LogP contribution < -0.4 is 0 Å². The third-order valence-corrected chi connectivity index (χ3v) is 17.0. The lowest BCUT2D eigenvalue weighted by Crippen LogP contribution is -2.66. The summed E-state index contributed by atoms with van der Waals surface area (Å²) in [7, 11) is -4.18. The molecule has 7 atom stereocenters. The Bertz CT molecular complexity index is 1160. The summed E-state index contributed by atoms with van der Waals surface area (Å²) >= 11 is 0. The Hall–Kier alpha value is -1.03. The van der Waals surface area contributed by atoms with Crippen LogP contribution in [0, 0.1) is 29.6 Å². The summed E-state index contributed by atoms with van der Waals surface area (Å²) in [6.07, 6.45) is 1.14. The maximum atomic E-state index is 14.3. The third-order valence-electron chi connectivity index (χ3n) is 10.7. The Morgan fingerprint density at radius 3 is 2.44 bits per heavy atom. The van der Waals surface area contributed by atoms with Crippen molar-refractivity contribution < 1.29 is 22.7 Å². The quantitative estimate of drug-likeness (QED) is 0.422. The zero-order valence-corrected chi connectivity index (χ0v) is 24.7. The zero-order valence-electron chi connectivity index (χ0n) is 22.9. The number of aryl methyl sites for hydroxylation is 1. The lowest BCUT2D eigenvalue weighted by molar-refractivity contribution is -0.138. The van der Waals surface area contributed by atoms with Crippen LogP contribution in [0.3, 0.4) is 0 Å². The molecule has 1 saturated heterocycles. The number of aliphatic hydroxyl groups is 1. The molecule has 1 N–H and O–H groups in total. The molecular formula is C28H43NO5SSi. The lowest BCUT2D eigenvalue weighted by Gasteiger charge is -2.56. The first-order valence-corrected chi connectivity index (χ1v) is 17.6. The molecule has 0 radical (unpaired) electrons. The van der Waals surface area contributed by atoms with Crippen molar-refractivity contribution in [3.05, 3.63) is 42.0 Å². The second kappa shape index (κ2) is 8.23. The number of hydrogen-bond donors (Lipinski definition) is 1. The second-order valence-electron chi connectivity index (χ2n) is 13.4. The van der Waals surface area contributed by atoms with Crippen molar-refractivity contribution >= 4 is 18.3 Å². The highest BCUT2D eigenvalue weighted by atomic mass is 32.2. The summed E-state index contributed by atoms with van der Waals surface area (Å²) < 4.78 is 43.3. The Balaban J connectivity index is 1.65. The van der Waals surface area contributed by atoms with Gasteiger partial charge in [0.1, 0.15) is 0 Å². The predicted molar refractivity (Wildman–Crippen MR) is 144 cm³/mol. The number of nitrogens with zero attached hydrogens (tertiary/aromatic N) is 1. The van der Waals surface area contributed by atoms with Gasteiger partial charge in [0, 0.05) is 37.1 Å². The normalized spacial score (nSPS) is 38.6. The van der Waals surface area contributed by atoms with Gasteiger partial charge >= 0.3 is 0 Å². The van der Waals surface area contributed by atoms with E-state index in [0.717, 1.165) is 17.6 Å². The highest BCUT2D eigenvalue weighted by molar-refractivity contribution is 7.89. The van der Waals surface area contributed by atoms with E-state index >= 15 is 0 Å². The summed E-state index contributed by atoms with van der Waals surface area (Å²) in [4.78, 5) is 0.307. The molecule has 5 rings (SSSR count). The van der Waals surface area contributed by atoms with Gasteiger partial charge in [-0.15, -0.1) is 0 Å². The van der Waals surface area contributed by atoms with E-state index in [1.165, 1.54) is 0 Å². The Morgan fingerprint density at radius 1 is 1.22 bits per heavy atom.